The molecule has 0 heterocycles. The summed E-state index contributed by atoms with van der Waals surface area (Å²) in [5.41, 5.74) is 0.0832. The maximum Gasteiger partial charge on any atom is 0.474 e. The average Bonchev–Trinajstić information content (AvgIpc) is 2.86. The average molecular weight is 719 g/mol. The van der Waals surface area contributed by atoms with Crippen LogP contribution >= 0.6 is 38.6 Å². The van der Waals surface area contributed by atoms with Gasteiger partial charge < -0.3 is 14.5 Å². The van der Waals surface area contributed by atoms with Crippen molar-refractivity contribution in [3.8, 4) is 0 Å². The van der Waals surface area contributed by atoms with Gasteiger partial charge in [0.1, 0.15) is 0 Å². The largest absolute Gasteiger partial charge is 0.870 e. The molecule has 0 atom stereocenters. The third-order valence-corrected chi connectivity index (χ3v) is 9.38. The van der Waals surface area contributed by atoms with Gasteiger partial charge in [0.25, 0.3) is 11.4 Å². The van der Waals surface area contributed by atoms with E-state index in [4.69, 9.17) is 18.1 Å². The zero-order valence-corrected chi connectivity index (χ0v) is 27.1. The van der Waals surface area contributed by atoms with Crippen LogP contribution in [0.25, 0.3) is 0 Å². The van der Waals surface area contributed by atoms with Gasteiger partial charge in [-0.2, -0.15) is 0 Å². The first-order valence-electron chi connectivity index (χ1n) is 11.1. The molecule has 1 N–H and O–H groups in total. The molecule has 0 aliphatic rings. The number of nitro groups is 2. The first-order valence-corrected chi connectivity index (χ1v) is 16.0. The van der Waals surface area contributed by atoms with Crippen LogP contribution in [0.3, 0.4) is 0 Å². The Morgan fingerprint density at radius 2 is 1.07 bits per heavy atom. The Morgan fingerprint density at radius 3 is 1.36 bits per heavy atom. The van der Waals surface area contributed by atoms with Crippen molar-refractivity contribution in [1.82, 2.24) is 0 Å². The van der Waals surface area contributed by atoms with Crippen LogP contribution in [0, 0.1) is 20.2 Å². The van der Waals surface area contributed by atoms with Crippen molar-refractivity contribution in [2.24, 2.45) is 0 Å². The first-order chi connectivity index (χ1) is 17.9. The Balaban J connectivity index is -0.000000166. The van der Waals surface area contributed by atoms with E-state index in [0.29, 0.717) is 18.1 Å². The molecule has 42 heavy (non-hydrogen) atoms. The van der Waals surface area contributed by atoms with Crippen LogP contribution in [-0.4, -0.2) is 48.9 Å². The topological polar surface area (TPSA) is 197 Å². The maximum absolute atomic E-state index is 12.2. The molecule has 0 saturated heterocycles. The van der Waals surface area contributed by atoms with Crippen LogP contribution in [0.1, 0.15) is 42.5 Å². The van der Waals surface area contributed by atoms with Crippen LogP contribution in [-0.2, 0) is 48.8 Å². The molecule has 2 aromatic rings. The van der Waals surface area contributed by atoms with E-state index in [2.05, 4.69) is 17.2 Å². The Morgan fingerprint density at radius 1 is 0.738 bits per heavy atom. The molecular formula is C23H41MnN2O12P2S2-. The standard InChI is InChI=1S/C10H14NO5PS.C6H5NO2S.C5H13O4P.2CH4.Mn.H2O/c1-3-15-17(14,16-4-2)18-10-7-5-9(6-8-10)11(12)13;8-7(9)5-1-3-6(10)4-2-5;1-4-8-10(6,7-3)9-5-2;;;;/h5-8H,3-4H2,1-2H3;1-4,10H;4-5H2,1-3H3;2*1H4;;1H2/p-1. The summed E-state index contributed by atoms with van der Waals surface area (Å²) >= 11 is 4.93. The molecule has 2 aromatic carbocycles. The maximum atomic E-state index is 12.2. The van der Waals surface area contributed by atoms with E-state index in [1.807, 2.05) is 0 Å². The van der Waals surface area contributed by atoms with Gasteiger partial charge in [-0.3, -0.25) is 33.8 Å². The molecule has 19 heteroatoms. The molecule has 0 bridgehead atoms. The van der Waals surface area contributed by atoms with E-state index in [0.717, 1.165) is 16.3 Å². The second kappa shape index (κ2) is 27.2. The van der Waals surface area contributed by atoms with Crippen LogP contribution in [0.15, 0.2) is 58.3 Å². The number of nitrogens with zero attached hydrogens (tertiary/aromatic N) is 2. The van der Waals surface area contributed by atoms with Gasteiger partial charge in [-0.1, -0.05) is 14.9 Å². The summed E-state index contributed by atoms with van der Waals surface area (Å²) < 4.78 is 47.5. The molecule has 1 radical (unpaired) electrons. The minimum atomic E-state index is -3.23. The normalized spacial score (nSPS) is 9.95. The summed E-state index contributed by atoms with van der Waals surface area (Å²) in [7, 11) is -1.90. The minimum absolute atomic E-state index is 0. The van der Waals surface area contributed by atoms with Crippen molar-refractivity contribution >= 4 is 50.0 Å². The summed E-state index contributed by atoms with van der Waals surface area (Å²) in [4.78, 5) is 21.0. The zero-order chi connectivity index (χ0) is 29.2. The van der Waals surface area contributed by atoms with Crippen LogP contribution < -0.4 is 0 Å². The van der Waals surface area contributed by atoms with Gasteiger partial charge in [0, 0.05) is 58.2 Å². The number of phosphoric acid groups is 1. The van der Waals surface area contributed by atoms with Crippen molar-refractivity contribution in [1.29, 1.82) is 0 Å². The van der Waals surface area contributed by atoms with Crippen molar-refractivity contribution in [2.75, 3.05) is 33.5 Å². The zero-order valence-electron chi connectivity index (χ0n) is 22.4. The summed E-state index contributed by atoms with van der Waals surface area (Å²) in [6.45, 7) is 4.87. The molecular weight excluding hydrogens is 677 g/mol. The third-order valence-electron chi connectivity index (χ3n) is 3.70. The number of hydrogen-bond donors (Lipinski definition) is 1. The smallest absolute Gasteiger partial charge is 0.474 e. The molecule has 14 nitrogen and oxygen atoms in total. The molecule has 0 aliphatic heterocycles. The molecule has 0 fully saturated rings. The van der Waals surface area contributed by atoms with Crippen LogP contribution in [0.4, 0.5) is 11.4 Å². The number of phosphoric ester groups is 1. The van der Waals surface area contributed by atoms with E-state index in [-0.39, 0.29) is 62.0 Å². The van der Waals surface area contributed by atoms with Gasteiger partial charge in [-0.25, -0.2) is 9.13 Å². The Labute approximate surface area is 268 Å². The van der Waals surface area contributed by atoms with Crippen molar-refractivity contribution in [2.45, 2.75) is 52.3 Å². The predicted molar refractivity (Wildman–Crippen MR) is 163 cm³/mol. The molecule has 0 aromatic heterocycles. The SMILES string of the molecule is C.C.CCOP(=O)(OC)OCC.CCOP(=O)(OCC)Sc1ccc([N+](=O)[O-])cc1.O=[N+]([O-])c1ccc(S)cc1.[Mn].[OH-]. The number of non-ortho nitro benzene ring substituents is 2. The first kappa shape index (κ1) is 50.3. The van der Waals surface area contributed by atoms with Gasteiger partial charge in [0.2, 0.25) is 0 Å². The summed E-state index contributed by atoms with van der Waals surface area (Å²) in [6, 6.07) is 11.8. The Bertz CT molecular complexity index is 1060. The second-order valence-corrected chi connectivity index (χ2v) is 12.6. The van der Waals surface area contributed by atoms with Crippen molar-refractivity contribution in [3.05, 3.63) is 68.8 Å². The molecule has 0 spiro atoms. The van der Waals surface area contributed by atoms with Gasteiger partial charge >= 0.3 is 14.6 Å². The van der Waals surface area contributed by atoms with Crippen LogP contribution in [0.2, 0.25) is 0 Å². The third kappa shape index (κ3) is 21.4. The number of thiol groups is 1. The Hall–Kier alpha value is -1.32. The monoisotopic (exact) mass is 718 g/mol. The van der Waals surface area contributed by atoms with E-state index in [1.165, 1.54) is 43.5 Å². The summed E-state index contributed by atoms with van der Waals surface area (Å²) in [5.74, 6) is 0. The molecule has 2 rings (SSSR count). The molecule has 0 aliphatic carbocycles. The van der Waals surface area contributed by atoms with Crippen molar-refractivity contribution < 1.29 is 64.1 Å². The van der Waals surface area contributed by atoms with Crippen LogP contribution in [0.5, 0.6) is 0 Å². The number of rotatable bonds is 13. The second-order valence-electron chi connectivity index (χ2n) is 6.36. The fourth-order valence-electron chi connectivity index (χ4n) is 2.20. The van der Waals surface area contributed by atoms with Gasteiger partial charge in [0.15, 0.2) is 0 Å². The predicted octanol–water partition coefficient (Wildman–Crippen LogP) is 8.66. The van der Waals surface area contributed by atoms with Crippen molar-refractivity contribution in [3.63, 3.8) is 0 Å². The van der Waals surface area contributed by atoms with Gasteiger partial charge in [-0.15, -0.1) is 12.6 Å². The number of hydrogen-bond acceptors (Lipinski definition) is 14. The van der Waals surface area contributed by atoms with E-state index < -0.39 is 24.5 Å². The molecule has 245 valence electrons. The number of nitro benzene ring substituents is 2. The van der Waals surface area contributed by atoms with E-state index in [9.17, 15) is 29.4 Å². The number of benzene rings is 2. The molecule has 0 saturated carbocycles. The van der Waals surface area contributed by atoms with E-state index >= 15 is 0 Å². The quantitative estimate of drug-likeness (QED) is 0.0679. The minimum Gasteiger partial charge on any atom is -0.870 e. The Kier molecular flexibility index (Phi) is 32.6. The fraction of sp³-hybridized carbons (Fsp3) is 0.478. The van der Waals surface area contributed by atoms with E-state index in [1.54, 1.807) is 39.8 Å². The van der Waals surface area contributed by atoms with Gasteiger partial charge in [-0.05, 0) is 63.3 Å². The molecule has 0 unspecified atom stereocenters. The van der Waals surface area contributed by atoms with Gasteiger partial charge in [0.05, 0.1) is 36.3 Å². The summed E-state index contributed by atoms with van der Waals surface area (Å²) in [6.07, 6.45) is 0. The summed E-state index contributed by atoms with van der Waals surface area (Å²) in [5, 5.41) is 20.6. The molecule has 0 amide bonds. The fourth-order valence-corrected chi connectivity index (χ4v) is 6.68.